The number of ether oxygens (including phenoxy) is 2. The molecule has 1 aromatic carbocycles. The molecular weight excluding hydrogens is 423 g/mol. The Morgan fingerprint density at radius 2 is 2.07 bits per heavy atom. The predicted molar refractivity (Wildman–Crippen MR) is 104 cm³/mol. The fourth-order valence-corrected chi connectivity index (χ4v) is 3.92. The molecule has 30 heavy (non-hydrogen) atoms. The van der Waals surface area contributed by atoms with E-state index >= 15 is 0 Å². The van der Waals surface area contributed by atoms with Gasteiger partial charge in [0.25, 0.3) is 0 Å². The first-order chi connectivity index (χ1) is 14.3. The molecule has 1 N–H and O–H groups in total. The molecule has 10 heteroatoms. The molecule has 2 aromatic rings. The highest BCUT2D eigenvalue weighted by atomic mass is 35.5. The molecule has 0 spiro atoms. The molecule has 1 amide bonds. The molecule has 2 aliphatic heterocycles. The van der Waals surface area contributed by atoms with Gasteiger partial charge in [0, 0.05) is 25.7 Å². The summed E-state index contributed by atoms with van der Waals surface area (Å²) in [5.74, 6) is 1.44. The van der Waals surface area contributed by atoms with E-state index in [0.29, 0.717) is 24.2 Å². The van der Waals surface area contributed by atoms with E-state index in [0.717, 1.165) is 24.5 Å². The fraction of sp³-hybridized carbons (Fsp3) is 0.400. The average molecular weight is 442 g/mol. The van der Waals surface area contributed by atoms with Gasteiger partial charge in [0.1, 0.15) is 5.82 Å². The maximum Gasteiger partial charge on any atom is 0.417 e. The number of rotatable bonds is 5. The number of anilines is 1. The molecule has 0 aliphatic carbocycles. The number of hydrogen-bond acceptors (Lipinski definition) is 5. The minimum Gasteiger partial charge on any atom is -0.454 e. The van der Waals surface area contributed by atoms with Gasteiger partial charge in [0.2, 0.25) is 12.7 Å². The van der Waals surface area contributed by atoms with E-state index in [1.807, 2.05) is 23.1 Å². The van der Waals surface area contributed by atoms with Crippen molar-refractivity contribution in [3.8, 4) is 11.5 Å². The van der Waals surface area contributed by atoms with Gasteiger partial charge in [-0.25, -0.2) is 4.98 Å². The summed E-state index contributed by atoms with van der Waals surface area (Å²) in [6.45, 7) is 1.05. The van der Waals surface area contributed by atoms with Gasteiger partial charge in [-0.2, -0.15) is 13.2 Å². The minimum atomic E-state index is -4.51. The van der Waals surface area contributed by atoms with Crippen molar-refractivity contribution in [3.05, 3.63) is 46.6 Å². The van der Waals surface area contributed by atoms with Crippen molar-refractivity contribution in [2.75, 3.05) is 25.2 Å². The van der Waals surface area contributed by atoms with Crippen LogP contribution in [0.3, 0.4) is 0 Å². The fourth-order valence-electron chi connectivity index (χ4n) is 3.69. The largest absolute Gasteiger partial charge is 0.454 e. The SMILES string of the molecule is O=C(CCNc1ncc(C(F)(F)F)cc1Cl)N1CCCC1c1ccc2c(c1)OCO2. The molecule has 1 saturated heterocycles. The van der Waals surface area contributed by atoms with Crippen LogP contribution in [0.25, 0.3) is 0 Å². The van der Waals surface area contributed by atoms with E-state index in [1.54, 1.807) is 0 Å². The molecule has 1 unspecified atom stereocenters. The lowest BCUT2D eigenvalue weighted by atomic mass is 10.0. The van der Waals surface area contributed by atoms with E-state index in [2.05, 4.69) is 10.3 Å². The Labute approximate surface area is 175 Å². The van der Waals surface area contributed by atoms with Gasteiger partial charge >= 0.3 is 6.18 Å². The van der Waals surface area contributed by atoms with Crippen molar-refractivity contribution in [1.82, 2.24) is 9.88 Å². The number of fused-ring (bicyclic) bond motifs is 1. The van der Waals surface area contributed by atoms with E-state index in [9.17, 15) is 18.0 Å². The lowest BCUT2D eigenvalue weighted by molar-refractivity contribution is -0.137. The highest BCUT2D eigenvalue weighted by Crippen LogP contribution is 2.39. The Morgan fingerprint density at radius 3 is 2.83 bits per heavy atom. The lowest BCUT2D eigenvalue weighted by Gasteiger charge is -2.25. The molecule has 0 radical (unpaired) electrons. The number of alkyl halides is 3. The standard InChI is InChI=1S/C20H19ClF3N3O3/c21-14-9-13(20(22,23)24)10-26-19(14)25-6-5-18(28)27-7-1-2-15(27)12-3-4-16-17(8-12)30-11-29-16/h3-4,8-10,15H,1-2,5-7,11H2,(H,25,26). The average Bonchev–Trinajstić information content (AvgIpc) is 3.37. The first-order valence-electron chi connectivity index (χ1n) is 9.48. The number of benzene rings is 1. The minimum absolute atomic E-state index is 0.0419. The van der Waals surface area contributed by atoms with Crippen LogP contribution < -0.4 is 14.8 Å². The zero-order valence-electron chi connectivity index (χ0n) is 15.8. The van der Waals surface area contributed by atoms with Gasteiger partial charge in [0.15, 0.2) is 11.5 Å². The molecule has 3 heterocycles. The summed E-state index contributed by atoms with van der Waals surface area (Å²) in [7, 11) is 0. The Bertz CT molecular complexity index is 955. The van der Waals surface area contributed by atoms with Crippen molar-refractivity contribution in [1.29, 1.82) is 0 Å². The van der Waals surface area contributed by atoms with Gasteiger partial charge in [-0.1, -0.05) is 17.7 Å². The molecule has 0 bridgehead atoms. The number of pyridine rings is 1. The zero-order valence-corrected chi connectivity index (χ0v) is 16.6. The van der Waals surface area contributed by atoms with Crippen LogP contribution in [0.5, 0.6) is 11.5 Å². The third-order valence-corrected chi connectivity index (χ3v) is 5.44. The normalized spacial score (nSPS) is 18.0. The number of carbonyl (C=O) groups is 1. The van der Waals surface area contributed by atoms with Gasteiger partial charge in [-0.05, 0) is 36.6 Å². The van der Waals surface area contributed by atoms with E-state index in [-0.39, 0.29) is 42.5 Å². The molecule has 2 aliphatic rings. The number of likely N-dealkylation sites (tertiary alicyclic amines) is 1. The third-order valence-electron chi connectivity index (χ3n) is 5.15. The summed E-state index contributed by atoms with van der Waals surface area (Å²) in [5.41, 5.74) is 0.0725. The number of amides is 1. The summed E-state index contributed by atoms with van der Waals surface area (Å²) in [6, 6.07) is 6.46. The van der Waals surface area contributed by atoms with Crippen LogP contribution in [0.1, 0.15) is 36.4 Å². The Morgan fingerprint density at radius 1 is 1.27 bits per heavy atom. The first-order valence-corrected chi connectivity index (χ1v) is 9.86. The lowest BCUT2D eigenvalue weighted by Crippen LogP contribution is -2.31. The Hall–Kier alpha value is -2.68. The number of nitrogens with one attached hydrogen (secondary N) is 1. The van der Waals surface area contributed by atoms with Crippen LogP contribution >= 0.6 is 11.6 Å². The summed E-state index contributed by atoms with van der Waals surface area (Å²) in [6.07, 6.45) is -1.88. The zero-order chi connectivity index (χ0) is 21.3. The number of carbonyl (C=O) groups excluding carboxylic acids is 1. The number of halogens is 4. The molecule has 160 valence electrons. The van der Waals surface area contributed by atoms with Gasteiger partial charge in [-0.15, -0.1) is 0 Å². The van der Waals surface area contributed by atoms with Crippen molar-refractivity contribution in [2.45, 2.75) is 31.5 Å². The molecule has 0 saturated carbocycles. The van der Waals surface area contributed by atoms with Crippen LogP contribution in [-0.2, 0) is 11.0 Å². The smallest absolute Gasteiger partial charge is 0.417 e. The predicted octanol–water partition coefficient (Wildman–Crippen LogP) is 4.65. The van der Waals surface area contributed by atoms with Gasteiger partial charge in [-0.3, -0.25) is 4.79 Å². The molecular formula is C20H19ClF3N3O3. The number of aromatic nitrogens is 1. The third kappa shape index (κ3) is 4.26. The van der Waals surface area contributed by atoms with Crippen LogP contribution in [0, 0.1) is 0 Å². The highest BCUT2D eigenvalue weighted by molar-refractivity contribution is 6.32. The second kappa shape index (κ2) is 8.22. The van der Waals surface area contributed by atoms with Gasteiger partial charge in [0.05, 0.1) is 16.6 Å². The molecule has 6 nitrogen and oxygen atoms in total. The Balaban J connectivity index is 1.36. The number of nitrogens with zero attached hydrogens (tertiary/aromatic N) is 2. The van der Waals surface area contributed by atoms with E-state index in [4.69, 9.17) is 21.1 Å². The van der Waals surface area contributed by atoms with E-state index in [1.165, 1.54) is 0 Å². The summed E-state index contributed by atoms with van der Waals surface area (Å²) >= 11 is 5.89. The molecule has 4 rings (SSSR count). The van der Waals surface area contributed by atoms with E-state index < -0.39 is 11.7 Å². The Kier molecular flexibility index (Phi) is 5.64. The maximum absolute atomic E-state index is 12.8. The van der Waals surface area contributed by atoms with Crippen LogP contribution in [0.4, 0.5) is 19.0 Å². The highest BCUT2D eigenvalue weighted by Gasteiger charge is 2.32. The van der Waals surface area contributed by atoms with Crippen LogP contribution in [-0.4, -0.2) is 35.7 Å². The van der Waals surface area contributed by atoms with Crippen molar-refractivity contribution in [2.24, 2.45) is 0 Å². The number of hydrogen-bond donors (Lipinski definition) is 1. The first kappa shape index (κ1) is 20.6. The summed E-state index contributed by atoms with van der Waals surface area (Å²) in [4.78, 5) is 18.3. The summed E-state index contributed by atoms with van der Waals surface area (Å²) in [5, 5.41) is 2.70. The molecule has 1 atom stereocenters. The van der Waals surface area contributed by atoms with Gasteiger partial charge < -0.3 is 19.7 Å². The maximum atomic E-state index is 12.8. The topological polar surface area (TPSA) is 63.7 Å². The van der Waals surface area contributed by atoms with Crippen LogP contribution in [0.15, 0.2) is 30.5 Å². The van der Waals surface area contributed by atoms with Crippen molar-refractivity contribution in [3.63, 3.8) is 0 Å². The second-order valence-electron chi connectivity index (χ2n) is 7.09. The molecule has 1 fully saturated rings. The monoisotopic (exact) mass is 441 g/mol. The van der Waals surface area contributed by atoms with Crippen molar-refractivity contribution >= 4 is 23.3 Å². The van der Waals surface area contributed by atoms with Crippen LogP contribution in [0.2, 0.25) is 5.02 Å². The summed E-state index contributed by atoms with van der Waals surface area (Å²) < 4.78 is 48.8. The quantitative estimate of drug-likeness (QED) is 0.731. The second-order valence-corrected chi connectivity index (χ2v) is 7.49. The molecule has 1 aromatic heterocycles. The van der Waals surface area contributed by atoms with Crippen molar-refractivity contribution < 1.29 is 27.4 Å².